The predicted octanol–water partition coefficient (Wildman–Crippen LogP) is 2.44. The Morgan fingerprint density at radius 3 is 3.00 bits per heavy atom. The second-order valence-electron chi connectivity index (χ2n) is 4.77. The zero-order valence-electron chi connectivity index (χ0n) is 10.7. The van der Waals surface area contributed by atoms with Gasteiger partial charge in [0, 0.05) is 23.5 Å². The number of nitrogens with two attached hydrogens (primary N) is 1. The Kier molecular flexibility index (Phi) is 6.12. The molecule has 2 N–H and O–H groups in total. The van der Waals surface area contributed by atoms with Gasteiger partial charge in [-0.15, -0.1) is 23.7 Å². The van der Waals surface area contributed by atoms with Crippen molar-refractivity contribution in [2.24, 2.45) is 5.73 Å². The summed E-state index contributed by atoms with van der Waals surface area (Å²) >= 11 is 1.65. The van der Waals surface area contributed by atoms with Crippen LogP contribution in [0.15, 0.2) is 17.5 Å². The van der Waals surface area contributed by atoms with Crippen LogP contribution in [0, 0.1) is 0 Å². The summed E-state index contributed by atoms with van der Waals surface area (Å²) in [6, 6.07) is 4.32. The van der Waals surface area contributed by atoms with Gasteiger partial charge in [0.2, 0.25) is 5.91 Å². The molecule has 0 saturated carbocycles. The summed E-state index contributed by atoms with van der Waals surface area (Å²) in [6.45, 7) is 2.87. The highest BCUT2D eigenvalue weighted by molar-refractivity contribution is 7.10. The number of halogens is 1. The van der Waals surface area contributed by atoms with Crippen molar-refractivity contribution in [2.75, 3.05) is 6.54 Å². The summed E-state index contributed by atoms with van der Waals surface area (Å²) in [5.74, 6) is 0.231. The topological polar surface area (TPSA) is 46.3 Å². The minimum Gasteiger partial charge on any atom is -0.338 e. The van der Waals surface area contributed by atoms with E-state index in [4.69, 9.17) is 5.73 Å². The molecule has 2 atom stereocenters. The second kappa shape index (κ2) is 7.12. The van der Waals surface area contributed by atoms with Crippen LogP contribution in [0.5, 0.6) is 0 Å². The molecule has 1 saturated heterocycles. The van der Waals surface area contributed by atoms with E-state index in [2.05, 4.69) is 0 Å². The maximum absolute atomic E-state index is 12.3. The van der Waals surface area contributed by atoms with Crippen LogP contribution >= 0.6 is 23.7 Å². The Hall–Kier alpha value is -0.580. The van der Waals surface area contributed by atoms with E-state index >= 15 is 0 Å². The van der Waals surface area contributed by atoms with E-state index in [1.807, 2.05) is 29.3 Å². The molecule has 1 amide bonds. The van der Waals surface area contributed by atoms with Crippen molar-refractivity contribution in [2.45, 2.75) is 44.7 Å². The number of carbonyl (C=O) groups excluding carboxylic acids is 1. The highest BCUT2D eigenvalue weighted by Gasteiger charge is 2.28. The van der Waals surface area contributed by atoms with Crippen LogP contribution in [0.2, 0.25) is 0 Å². The predicted molar refractivity (Wildman–Crippen MR) is 78.3 cm³/mol. The lowest BCUT2D eigenvalue weighted by Gasteiger charge is -2.38. The molecule has 2 heterocycles. The summed E-state index contributed by atoms with van der Waals surface area (Å²) in [4.78, 5) is 15.4. The highest BCUT2D eigenvalue weighted by atomic mass is 35.5. The average Bonchev–Trinajstić information content (AvgIpc) is 2.81. The summed E-state index contributed by atoms with van der Waals surface area (Å²) < 4.78 is 0. The molecule has 1 aromatic rings. The fraction of sp³-hybridized carbons (Fsp3) is 0.615. The smallest absolute Gasteiger partial charge is 0.228 e. The van der Waals surface area contributed by atoms with Gasteiger partial charge in [-0.1, -0.05) is 6.07 Å². The maximum Gasteiger partial charge on any atom is 0.228 e. The van der Waals surface area contributed by atoms with Crippen LogP contribution in [0.1, 0.15) is 31.1 Å². The molecular formula is C13H21ClN2OS. The molecule has 102 valence electrons. The standard InChI is InChI=1S/C13H20N2OS.ClH/c1-10(14)12-6-2-3-7-15(12)13(16)9-11-5-4-8-17-11;/h4-5,8,10,12H,2-3,6-7,9,14H2,1H3;1H. The van der Waals surface area contributed by atoms with Gasteiger partial charge in [0.05, 0.1) is 6.42 Å². The highest BCUT2D eigenvalue weighted by Crippen LogP contribution is 2.21. The van der Waals surface area contributed by atoms with Crippen molar-refractivity contribution in [3.05, 3.63) is 22.4 Å². The van der Waals surface area contributed by atoms with Gasteiger partial charge >= 0.3 is 0 Å². The molecule has 1 aliphatic rings. The van der Waals surface area contributed by atoms with Gasteiger partial charge in [-0.2, -0.15) is 0 Å². The normalized spacial score (nSPS) is 21.2. The van der Waals surface area contributed by atoms with Crippen LogP contribution in [-0.4, -0.2) is 29.4 Å². The van der Waals surface area contributed by atoms with Gasteiger partial charge in [0.15, 0.2) is 0 Å². The maximum atomic E-state index is 12.3. The third-order valence-corrected chi connectivity index (χ3v) is 4.26. The van der Waals surface area contributed by atoms with E-state index in [0.717, 1.165) is 24.3 Å². The first kappa shape index (κ1) is 15.5. The third-order valence-electron chi connectivity index (χ3n) is 3.38. The second-order valence-corrected chi connectivity index (χ2v) is 5.80. The number of thiophene rings is 1. The zero-order chi connectivity index (χ0) is 12.3. The van der Waals surface area contributed by atoms with Crippen molar-refractivity contribution >= 4 is 29.7 Å². The third kappa shape index (κ3) is 3.70. The minimum atomic E-state index is 0. The minimum absolute atomic E-state index is 0. The fourth-order valence-corrected chi connectivity index (χ4v) is 3.17. The Bertz CT molecular complexity index is 367. The van der Waals surface area contributed by atoms with Gasteiger partial charge < -0.3 is 10.6 Å². The molecule has 5 heteroatoms. The first-order valence-corrected chi connectivity index (χ1v) is 7.14. The van der Waals surface area contributed by atoms with Gasteiger partial charge in [0.25, 0.3) is 0 Å². The molecule has 0 aliphatic carbocycles. The van der Waals surface area contributed by atoms with Crippen LogP contribution < -0.4 is 5.73 Å². The molecule has 0 radical (unpaired) electrons. The molecule has 1 fully saturated rings. The number of hydrogen-bond acceptors (Lipinski definition) is 3. The Labute approximate surface area is 119 Å². The Morgan fingerprint density at radius 2 is 2.39 bits per heavy atom. The van der Waals surface area contributed by atoms with E-state index < -0.39 is 0 Å². The average molecular weight is 289 g/mol. The zero-order valence-corrected chi connectivity index (χ0v) is 12.3. The van der Waals surface area contributed by atoms with Crippen LogP contribution in [0.3, 0.4) is 0 Å². The molecule has 2 unspecified atom stereocenters. The van der Waals surface area contributed by atoms with Crippen molar-refractivity contribution in [1.29, 1.82) is 0 Å². The molecule has 0 spiro atoms. The number of rotatable bonds is 3. The van der Waals surface area contributed by atoms with Crippen LogP contribution in [-0.2, 0) is 11.2 Å². The molecule has 2 rings (SSSR count). The summed E-state index contributed by atoms with van der Waals surface area (Å²) in [7, 11) is 0. The molecule has 0 aromatic carbocycles. The van der Waals surface area contributed by atoms with E-state index in [1.54, 1.807) is 11.3 Å². The van der Waals surface area contributed by atoms with Crippen LogP contribution in [0.4, 0.5) is 0 Å². The Morgan fingerprint density at radius 1 is 1.61 bits per heavy atom. The lowest BCUT2D eigenvalue weighted by atomic mass is 9.96. The molecular weight excluding hydrogens is 268 g/mol. The van der Waals surface area contributed by atoms with Crippen molar-refractivity contribution in [3.8, 4) is 0 Å². The van der Waals surface area contributed by atoms with Crippen molar-refractivity contribution in [1.82, 2.24) is 4.90 Å². The van der Waals surface area contributed by atoms with Gasteiger partial charge in [-0.25, -0.2) is 0 Å². The van der Waals surface area contributed by atoms with Crippen molar-refractivity contribution < 1.29 is 4.79 Å². The molecule has 1 aliphatic heterocycles. The first-order valence-electron chi connectivity index (χ1n) is 6.26. The quantitative estimate of drug-likeness (QED) is 0.929. The number of amides is 1. The molecule has 0 bridgehead atoms. The lowest BCUT2D eigenvalue weighted by molar-refractivity contribution is -0.134. The lowest BCUT2D eigenvalue weighted by Crippen LogP contribution is -2.52. The van der Waals surface area contributed by atoms with E-state index in [0.29, 0.717) is 6.42 Å². The summed E-state index contributed by atoms with van der Waals surface area (Å²) in [5, 5.41) is 2.02. The SMILES string of the molecule is CC(N)C1CCCCN1C(=O)Cc1cccs1.Cl. The van der Waals surface area contributed by atoms with Gasteiger partial charge in [-0.3, -0.25) is 4.79 Å². The summed E-state index contributed by atoms with van der Waals surface area (Å²) in [6.07, 6.45) is 3.88. The largest absolute Gasteiger partial charge is 0.338 e. The van der Waals surface area contributed by atoms with E-state index in [-0.39, 0.29) is 30.4 Å². The molecule has 18 heavy (non-hydrogen) atoms. The van der Waals surface area contributed by atoms with Crippen molar-refractivity contribution in [3.63, 3.8) is 0 Å². The number of nitrogens with zero attached hydrogens (tertiary/aromatic N) is 1. The van der Waals surface area contributed by atoms with Gasteiger partial charge in [-0.05, 0) is 37.6 Å². The monoisotopic (exact) mass is 288 g/mol. The first-order chi connectivity index (χ1) is 8.18. The van der Waals surface area contributed by atoms with Gasteiger partial charge in [0.1, 0.15) is 0 Å². The molecule has 3 nitrogen and oxygen atoms in total. The number of piperidine rings is 1. The molecule has 1 aromatic heterocycles. The number of likely N-dealkylation sites (tertiary alicyclic amines) is 1. The van der Waals surface area contributed by atoms with E-state index in [9.17, 15) is 4.79 Å². The van der Waals surface area contributed by atoms with E-state index in [1.165, 1.54) is 6.42 Å². The fourth-order valence-electron chi connectivity index (χ4n) is 2.48. The Balaban J connectivity index is 0.00000162. The number of hydrogen-bond donors (Lipinski definition) is 1. The van der Waals surface area contributed by atoms with Crippen LogP contribution in [0.25, 0.3) is 0 Å². The number of carbonyl (C=O) groups is 1. The summed E-state index contributed by atoms with van der Waals surface area (Å²) in [5.41, 5.74) is 5.98.